The molecular weight excluding hydrogens is 308 g/mol. The smallest absolute Gasteiger partial charge is 0.318 e. The van der Waals surface area contributed by atoms with E-state index in [-0.39, 0.29) is 18.6 Å². The monoisotopic (exact) mass is 328 g/mol. The van der Waals surface area contributed by atoms with Crippen molar-refractivity contribution >= 4 is 22.8 Å². The van der Waals surface area contributed by atoms with Gasteiger partial charge in [-0.15, -0.1) is 0 Å². The van der Waals surface area contributed by atoms with Crippen LogP contribution in [0.5, 0.6) is 0 Å². The molecule has 2 N–H and O–H groups in total. The minimum atomic E-state index is -0.952. The van der Waals surface area contributed by atoms with Crippen LogP contribution in [-0.2, 0) is 9.53 Å². The van der Waals surface area contributed by atoms with Gasteiger partial charge in [-0.1, -0.05) is 42.5 Å². The number of methoxy groups -OCH3 is 1. The van der Waals surface area contributed by atoms with Crippen LogP contribution in [0.1, 0.15) is 18.0 Å². The standard InChI is InChI=1S/C18H20N2O4/c1-24-13-10-20(11-13)18(23)19-16(9-17(21)22)15-8-4-6-12-5-2-3-7-14(12)15/h2-8,13,16H,9-11H2,1H3,(H,19,23)(H,21,22)/t16-/m1/s1. The molecule has 0 unspecified atom stereocenters. The molecule has 1 atom stereocenters. The second-order valence-corrected chi connectivity index (χ2v) is 5.93. The summed E-state index contributed by atoms with van der Waals surface area (Å²) >= 11 is 0. The van der Waals surface area contributed by atoms with E-state index in [1.807, 2.05) is 42.5 Å². The quantitative estimate of drug-likeness (QED) is 0.883. The number of carboxylic acids is 1. The third-order valence-electron chi connectivity index (χ3n) is 4.34. The van der Waals surface area contributed by atoms with Gasteiger partial charge in [-0.25, -0.2) is 4.79 Å². The number of ether oxygens (including phenoxy) is 1. The summed E-state index contributed by atoms with van der Waals surface area (Å²) in [4.78, 5) is 25.2. The SMILES string of the molecule is COC1CN(C(=O)N[C@H](CC(=O)O)c2cccc3ccccc23)C1. The van der Waals surface area contributed by atoms with Crippen molar-refractivity contribution in [3.8, 4) is 0 Å². The van der Waals surface area contributed by atoms with Crippen molar-refractivity contribution in [2.75, 3.05) is 20.2 Å². The van der Waals surface area contributed by atoms with Crippen molar-refractivity contribution in [1.29, 1.82) is 0 Å². The lowest BCUT2D eigenvalue weighted by Gasteiger charge is -2.38. The summed E-state index contributed by atoms with van der Waals surface area (Å²) in [5.41, 5.74) is 0.813. The van der Waals surface area contributed by atoms with Crippen molar-refractivity contribution in [2.45, 2.75) is 18.6 Å². The van der Waals surface area contributed by atoms with E-state index >= 15 is 0 Å². The summed E-state index contributed by atoms with van der Waals surface area (Å²) < 4.78 is 5.16. The Balaban J connectivity index is 1.83. The predicted molar refractivity (Wildman–Crippen MR) is 89.8 cm³/mol. The van der Waals surface area contributed by atoms with E-state index in [9.17, 15) is 14.7 Å². The lowest BCUT2D eigenvalue weighted by atomic mass is 9.96. The van der Waals surface area contributed by atoms with Gasteiger partial charge in [-0.3, -0.25) is 4.79 Å². The number of aliphatic carboxylic acids is 1. The molecule has 1 aliphatic heterocycles. The Morgan fingerprint density at radius 1 is 1.25 bits per heavy atom. The molecule has 6 heteroatoms. The van der Waals surface area contributed by atoms with Gasteiger partial charge in [0.1, 0.15) is 0 Å². The average Bonchev–Trinajstić information content (AvgIpc) is 2.52. The number of amides is 2. The summed E-state index contributed by atoms with van der Waals surface area (Å²) in [6.07, 6.45) is -0.104. The topological polar surface area (TPSA) is 78.9 Å². The third kappa shape index (κ3) is 3.33. The first-order valence-electron chi connectivity index (χ1n) is 7.86. The molecule has 2 aromatic carbocycles. The maximum absolute atomic E-state index is 12.4. The van der Waals surface area contributed by atoms with Crippen molar-refractivity contribution < 1.29 is 19.4 Å². The van der Waals surface area contributed by atoms with Crippen LogP contribution in [0.25, 0.3) is 10.8 Å². The number of rotatable bonds is 5. The summed E-state index contributed by atoms with van der Waals surface area (Å²) in [6, 6.07) is 12.6. The molecule has 2 amide bonds. The number of nitrogens with zero attached hydrogens (tertiary/aromatic N) is 1. The molecule has 0 radical (unpaired) electrons. The number of benzene rings is 2. The van der Waals surface area contributed by atoms with Crippen molar-refractivity contribution in [1.82, 2.24) is 10.2 Å². The van der Waals surface area contributed by atoms with Crippen LogP contribution in [0.3, 0.4) is 0 Å². The van der Waals surface area contributed by atoms with E-state index in [1.165, 1.54) is 0 Å². The number of carbonyl (C=O) groups excluding carboxylic acids is 1. The van der Waals surface area contributed by atoms with Gasteiger partial charge in [0.05, 0.1) is 31.7 Å². The van der Waals surface area contributed by atoms with Gasteiger partial charge >= 0.3 is 12.0 Å². The molecule has 6 nitrogen and oxygen atoms in total. The first-order chi connectivity index (χ1) is 11.6. The number of carbonyl (C=O) groups is 2. The highest BCUT2D eigenvalue weighted by Crippen LogP contribution is 2.27. The second kappa shape index (κ2) is 6.88. The van der Waals surface area contributed by atoms with E-state index in [2.05, 4.69) is 5.32 Å². The highest BCUT2D eigenvalue weighted by molar-refractivity contribution is 5.87. The summed E-state index contributed by atoms with van der Waals surface area (Å²) in [5.74, 6) is -0.952. The maximum Gasteiger partial charge on any atom is 0.318 e. The van der Waals surface area contributed by atoms with Crippen LogP contribution in [0, 0.1) is 0 Å². The second-order valence-electron chi connectivity index (χ2n) is 5.93. The van der Waals surface area contributed by atoms with E-state index in [0.29, 0.717) is 13.1 Å². The van der Waals surface area contributed by atoms with Gasteiger partial charge < -0.3 is 20.1 Å². The number of hydrogen-bond donors (Lipinski definition) is 2. The minimum Gasteiger partial charge on any atom is -0.481 e. The summed E-state index contributed by atoms with van der Waals surface area (Å²) in [7, 11) is 1.61. The van der Waals surface area contributed by atoms with Crippen molar-refractivity contribution in [3.63, 3.8) is 0 Å². The molecule has 126 valence electrons. The van der Waals surface area contributed by atoms with Gasteiger partial charge in [0.15, 0.2) is 0 Å². The van der Waals surface area contributed by atoms with Gasteiger partial charge in [-0.2, -0.15) is 0 Å². The Bertz CT molecular complexity index is 750. The highest BCUT2D eigenvalue weighted by atomic mass is 16.5. The van der Waals surface area contributed by atoms with Crippen LogP contribution in [0.4, 0.5) is 4.79 Å². The van der Waals surface area contributed by atoms with Crippen LogP contribution in [0.2, 0.25) is 0 Å². The molecule has 0 spiro atoms. The lowest BCUT2D eigenvalue weighted by molar-refractivity contribution is -0.137. The van der Waals surface area contributed by atoms with Crippen molar-refractivity contribution in [3.05, 3.63) is 48.0 Å². The van der Waals surface area contributed by atoms with Gasteiger partial charge in [0.25, 0.3) is 0 Å². The average molecular weight is 328 g/mol. The lowest BCUT2D eigenvalue weighted by Crippen LogP contribution is -2.57. The van der Waals surface area contributed by atoms with Gasteiger partial charge in [-0.05, 0) is 16.3 Å². The number of hydrogen-bond acceptors (Lipinski definition) is 3. The number of carboxylic acid groups (broad SMARTS) is 1. The maximum atomic E-state index is 12.4. The fourth-order valence-electron chi connectivity index (χ4n) is 2.96. The zero-order chi connectivity index (χ0) is 17.1. The predicted octanol–water partition coefficient (Wildman–Crippen LogP) is 2.40. The Labute approximate surface area is 140 Å². The molecule has 0 saturated carbocycles. The zero-order valence-corrected chi connectivity index (χ0v) is 13.4. The van der Waals surface area contributed by atoms with Crippen LogP contribution < -0.4 is 5.32 Å². The van der Waals surface area contributed by atoms with Crippen LogP contribution in [-0.4, -0.2) is 48.3 Å². The van der Waals surface area contributed by atoms with Crippen LogP contribution >= 0.6 is 0 Å². The molecule has 2 aromatic rings. The number of likely N-dealkylation sites (tertiary alicyclic amines) is 1. The Morgan fingerprint density at radius 3 is 2.67 bits per heavy atom. The number of fused-ring (bicyclic) bond motifs is 1. The van der Waals surface area contributed by atoms with Crippen LogP contribution in [0.15, 0.2) is 42.5 Å². The summed E-state index contributed by atoms with van der Waals surface area (Å²) in [5, 5.41) is 14.1. The summed E-state index contributed by atoms with van der Waals surface area (Å²) in [6.45, 7) is 1.05. The Kier molecular flexibility index (Phi) is 4.66. The van der Waals surface area contributed by atoms with Crippen molar-refractivity contribution in [2.24, 2.45) is 0 Å². The molecule has 0 bridgehead atoms. The first-order valence-corrected chi connectivity index (χ1v) is 7.86. The molecule has 1 fully saturated rings. The minimum absolute atomic E-state index is 0.0613. The molecule has 1 aliphatic rings. The fourth-order valence-corrected chi connectivity index (χ4v) is 2.96. The molecule has 0 aliphatic carbocycles. The first kappa shape index (κ1) is 16.3. The largest absolute Gasteiger partial charge is 0.481 e. The Morgan fingerprint density at radius 2 is 1.96 bits per heavy atom. The molecule has 24 heavy (non-hydrogen) atoms. The number of urea groups is 1. The highest BCUT2D eigenvalue weighted by Gasteiger charge is 2.32. The Hall–Kier alpha value is -2.60. The third-order valence-corrected chi connectivity index (χ3v) is 4.34. The molecule has 3 rings (SSSR count). The van der Waals surface area contributed by atoms with Gasteiger partial charge in [0, 0.05) is 7.11 Å². The van der Waals surface area contributed by atoms with E-state index in [4.69, 9.17) is 4.74 Å². The molecule has 1 saturated heterocycles. The molecule has 1 heterocycles. The number of nitrogens with one attached hydrogen (secondary N) is 1. The molecular formula is C18H20N2O4. The zero-order valence-electron chi connectivity index (χ0n) is 13.4. The van der Waals surface area contributed by atoms with E-state index in [1.54, 1.807) is 12.0 Å². The van der Waals surface area contributed by atoms with E-state index < -0.39 is 12.0 Å². The normalized spacial score (nSPS) is 15.8. The van der Waals surface area contributed by atoms with E-state index in [0.717, 1.165) is 16.3 Å². The van der Waals surface area contributed by atoms with Gasteiger partial charge in [0.2, 0.25) is 0 Å². The molecule has 0 aromatic heterocycles. The fraction of sp³-hybridized carbons (Fsp3) is 0.333.